The molecule has 1 rings (SSSR count). The second-order valence-corrected chi connectivity index (χ2v) is 4.79. The lowest BCUT2D eigenvalue weighted by atomic mass is 10.2. The number of nitrogens with one attached hydrogen (secondary N) is 1. The normalized spacial score (nSPS) is 12.5. The highest BCUT2D eigenvalue weighted by Gasteiger charge is 2.12. The first kappa shape index (κ1) is 14.5. The molecule has 3 N–H and O–H groups in total. The van der Waals surface area contributed by atoms with Gasteiger partial charge in [-0.15, -0.1) is 0 Å². The number of rotatable bonds is 5. The van der Waals surface area contributed by atoms with Gasteiger partial charge in [0.2, 0.25) is 5.91 Å². The van der Waals surface area contributed by atoms with E-state index < -0.39 is 0 Å². The Morgan fingerprint density at radius 2 is 2.17 bits per heavy atom. The highest BCUT2D eigenvalue weighted by molar-refractivity contribution is 5.93. The minimum atomic E-state index is -0.00787. The molecule has 0 heterocycles. The fourth-order valence-corrected chi connectivity index (χ4v) is 1.66. The zero-order valence-corrected chi connectivity index (χ0v) is 11.7. The van der Waals surface area contributed by atoms with Gasteiger partial charge in [0, 0.05) is 17.4 Å². The molecule has 1 aromatic rings. The molecule has 1 unspecified atom stereocenters. The molecule has 1 amide bonds. The average Bonchev–Trinajstić information content (AvgIpc) is 2.32. The number of amides is 1. The Morgan fingerprint density at radius 3 is 2.78 bits per heavy atom. The maximum atomic E-state index is 11.9. The molecule has 0 saturated carbocycles. The van der Waals surface area contributed by atoms with Crippen LogP contribution in [0.2, 0.25) is 0 Å². The van der Waals surface area contributed by atoms with Crippen LogP contribution in [-0.4, -0.2) is 30.4 Å². The molecule has 0 aliphatic heterocycles. The number of hydrogen-bond acceptors (Lipinski definition) is 3. The molecular formula is C14H23N3O. The summed E-state index contributed by atoms with van der Waals surface area (Å²) >= 11 is 0. The fourth-order valence-electron chi connectivity index (χ4n) is 1.66. The summed E-state index contributed by atoms with van der Waals surface area (Å²) in [7, 11) is 1.96. The lowest BCUT2D eigenvalue weighted by molar-refractivity contribution is -0.117. The first-order valence-electron chi connectivity index (χ1n) is 6.30. The summed E-state index contributed by atoms with van der Waals surface area (Å²) in [6.07, 6.45) is 1.03. The first-order valence-corrected chi connectivity index (χ1v) is 6.30. The second-order valence-electron chi connectivity index (χ2n) is 4.79. The molecule has 0 spiro atoms. The van der Waals surface area contributed by atoms with E-state index in [1.54, 1.807) is 6.07 Å². The molecule has 0 aliphatic carbocycles. The Hall–Kier alpha value is -1.55. The van der Waals surface area contributed by atoms with Gasteiger partial charge in [-0.3, -0.25) is 9.69 Å². The number of hydrogen-bond donors (Lipinski definition) is 2. The molecule has 18 heavy (non-hydrogen) atoms. The molecule has 100 valence electrons. The van der Waals surface area contributed by atoms with Crippen LogP contribution in [0.25, 0.3) is 0 Å². The topological polar surface area (TPSA) is 58.4 Å². The van der Waals surface area contributed by atoms with E-state index in [4.69, 9.17) is 5.73 Å². The quantitative estimate of drug-likeness (QED) is 0.787. The van der Waals surface area contributed by atoms with Crippen LogP contribution in [0.4, 0.5) is 11.4 Å². The lowest BCUT2D eigenvalue weighted by Crippen LogP contribution is -2.36. The Morgan fingerprint density at radius 1 is 1.50 bits per heavy atom. The molecule has 4 nitrogen and oxygen atoms in total. The smallest absolute Gasteiger partial charge is 0.238 e. The maximum Gasteiger partial charge on any atom is 0.238 e. The van der Waals surface area contributed by atoms with Crippen molar-refractivity contribution < 1.29 is 4.79 Å². The maximum absolute atomic E-state index is 11.9. The van der Waals surface area contributed by atoms with Crippen LogP contribution in [0.3, 0.4) is 0 Å². The van der Waals surface area contributed by atoms with E-state index in [1.165, 1.54) is 0 Å². The number of carbonyl (C=O) groups is 1. The van der Waals surface area contributed by atoms with Crippen molar-refractivity contribution in [1.82, 2.24) is 4.90 Å². The molecule has 4 heteroatoms. The van der Waals surface area contributed by atoms with Crippen molar-refractivity contribution in [3.8, 4) is 0 Å². The first-order chi connectivity index (χ1) is 8.43. The third-order valence-electron chi connectivity index (χ3n) is 3.27. The Kier molecular flexibility index (Phi) is 5.16. The van der Waals surface area contributed by atoms with Crippen LogP contribution in [-0.2, 0) is 4.79 Å². The number of nitrogens with two attached hydrogens (primary N) is 1. The van der Waals surface area contributed by atoms with E-state index in [-0.39, 0.29) is 5.91 Å². The van der Waals surface area contributed by atoms with Crippen LogP contribution in [0.15, 0.2) is 18.2 Å². The number of likely N-dealkylation sites (N-methyl/N-ethyl adjacent to an activating group) is 1. The largest absolute Gasteiger partial charge is 0.399 e. The van der Waals surface area contributed by atoms with Crippen molar-refractivity contribution in [3.63, 3.8) is 0 Å². The van der Waals surface area contributed by atoms with E-state index >= 15 is 0 Å². The van der Waals surface area contributed by atoms with Crippen molar-refractivity contribution in [2.45, 2.75) is 33.2 Å². The van der Waals surface area contributed by atoms with Crippen LogP contribution < -0.4 is 11.1 Å². The third-order valence-corrected chi connectivity index (χ3v) is 3.27. The van der Waals surface area contributed by atoms with Gasteiger partial charge in [0.15, 0.2) is 0 Å². The minimum Gasteiger partial charge on any atom is -0.399 e. The molecule has 0 aliphatic rings. The van der Waals surface area contributed by atoms with E-state index in [1.807, 2.05) is 31.0 Å². The van der Waals surface area contributed by atoms with E-state index in [9.17, 15) is 4.79 Å². The summed E-state index contributed by atoms with van der Waals surface area (Å²) in [5.74, 6) is -0.00787. The van der Waals surface area contributed by atoms with Crippen LogP contribution in [0, 0.1) is 6.92 Å². The van der Waals surface area contributed by atoms with Crippen molar-refractivity contribution in [2.24, 2.45) is 0 Å². The van der Waals surface area contributed by atoms with E-state index in [0.717, 1.165) is 17.7 Å². The Bertz CT molecular complexity index is 418. The predicted molar refractivity (Wildman–Crippen MR) is 76.6 cm³/mol. The van der Waals surface area contributed by atoms with Gasteiger partial charge >= 0.3 is 0 Å². The SMILES string of the molecule is CCC(C)N(C)CC(=O)Nc1cc(N)ccc1C. The van der Waals surface area contributed by atoms with Gasteiger partial charge in [0.05, 0.1) is 6.54 Å². The monoisotopic (exact) mass is 249 g/mol. The van der Waals surface area contributed by atoms with Gasteiger partial charge in [-0.1, -0.05) is 13.0 Å². The summed E-state index contributed by atoms with van der Waals surface area (Å²) in [6, 6.07) is 5.92. The standard InChI is InChI=1S/C14H23N3O/c1-5-11(3)17(4)9-14(18)16-13-8-12(15)7-6-10(13)2/h6-8,11H,5,9,15H2,1-4H3,(H,16,18). The molecule has 0 saturated heterocycles. The molecular weight excluding hydrogens is 226 g/mol. The summed E-state index contributed by atoms with van der Waals surface area (Å²) in [5.41, 5.74) is 8.18. The summed E-state index contributed by atoms with van der Waals surface area (Å²) in [5, 5.41) is 2.90. The zero-order valence-electron chi connectivity index (χ0n) is 11.7. The molecule has 0 aromatic heterocycles. The molecule has 0 fully saturated rings. The molecule has 0 radical (unpaired) electrons. The van der Waals surface area contributed by atoms with Gasteiger partial charge < -0.3 is 11.1 Å². The van der Waals surface area contributed by atoms with Gasteiger partial charge in [0.1, 0.15) is 0 Å². The molecule has 1 aromatic carbocycles. The predicted octanol–water partition coefficient (Wildman–Crippen LogP) is 2.25. The number of nitrogen functional groups attached to an aromatic ring is 1. The third kappa shape index (κ3) is 4.04. The average molecular weight is 249 g/mol. The highest BCUT2D eigenvalue weighted by Crippen LogP contribution is 2.18. The molecule has 0 bridgehead atoms. The number of anilines is 2. The van der Waals surface area contributed by atoms with Crippen LogP contribution in [0.1, 0.15) is 25.8 Å². The number of carbonyl (C=O) groups excluding carboxylic acids is 1. The number of benzene rings is 1. The molecule has 1 atom stereocenters. The minimum absolute atomic E-state index is 0.00787. The summed E-state index contributed by atoms with van der Waals surface area (Å²) in [4.78, 5) is 14.0. The van der Waals surface area contributed by atoms with Crippen LogP contribution >= 0.6 is 0 Å². The van der Waals surface area contributed by atoms with Gasteiger partial charge in [-0.2, -0.15) is 0 Å². The van der Waals surface area contributed by atoms with Gasteiger partial charge in [0.25, 0.3) is 0 Å². The fraction of sp³-hybridized carbons (Fsp3) is 0.500. The van der Waals surface area contributed by atoms with E-state index in [2.05, 4.69) is 19.2 Å². The Balaban J connectivity index is 2.62. The van der Waals surface area contributed by atoms with Gasteiger partial charge in [-0.25, -0.2) is 0 Å². The van der Waals surface area contributed by atoms with Crippen molar-refractivity contribution in [2.75, 3.05) is 24.6 Å². The summed E-state index contributed by atoms with van der Waals surface area (Å²) in [6.45, 7) is 6.57. The van der Waals surface area contributed by atoms with Gasteiger partial charge in [-0.05, 0) is 45.0 Å². The van der Waals surface area contributed by atoms with Crippen molar-refractivity contribution in [3.05, 3.63) is 23.8 Å². The highest BCUT2D eigenvalue weighted by atomic mass is 16.2. The van der Waals surface area contributed by atoms with E-state index in [0.29, 0.717) is 18.3 Å². The lowest BCUT2D eigenvalue weighted by Gasteiger charge is -2.22. The summed E-state index contributed by atoms with van der Waals surface area (Å²) < 4.78 is 0. The van der Waals surface area contributed by atoms with Crippen LogP contribution in [0.5, 0.6) is 0 Å². The number of aryl methyl sites for hydroxylation is 1. The second kappa shape index (κ2) is 6.40. The van der Waals surface area contributed by atoms with Crippen molar-refractivity contribution in [1.29, 1.82) is 0 Å². The Labute approximate surface area is 109 Å². The zero-order chi connectivity index (χ0) is 13.7. The van der Waals surface area contributed by atoms with Crippen molar-refractivity contribution >= 4 is 17.3 Å². The number of nitrogens with zero attached hydrogens (tertiary/aromatic N) is 1.